The van der Waals surface area contributed by atoms with Crippen LogP contribution in [-0.2, 0) is 6.42 Å². The third kappa shape index (κ3) is 3.26. The fraction of sp³-hybridized carbons (Fsp3) is 0.588. The van der Waals surface area contributed by atoms with Gasteiger partial charge in [0.05, 0.1) is 11.6 Å². The predicted molar refractivity (Wildman–Crippen MR) is 83.8 cm³/mol. The Morgan fingerprint density at radius 3 is 2.48 bits per heavy atom. The van der Waals surface area contributed by atoms with Crippen LogP contribution < -0.4 is 5.73 Å². The zero-order chi connectivity index (χ0) is 14.9. The quantitative estimate of drug-likeness (QED) is 0.878. The minimum Gasteiger partial charge on any atom is -0.327 e. The Morgan fingerprint density at radius 2 is 1.90 bits per heavy atom. The van der Waals surface area contributed by atoms with Crippen LogP contribution in [0.5, 0.6) is 0 Å². The van der Waals surface area contributed by atoms with Crippen molar-refractivity contribution in [1.82, 2.24) is 9.80 Å². The number of nitrogens with zero attached hydrogens (tertiary/aromatic N) is 3. The van der Waals surface area contributed by atoms with Crippen LogP contribution in [0.25, 0.3) is 0 Å². The zero-order valence-electron chi connectivity index (χ0n) is 12.8. The van der Waals surface area contributed by atoms with Gasteiger partial charge in [0.25, 0.3) is 0 Å². The third-order valence-electron chi connectivity index (χ3n) is 4.73. The molecule has 2 N–H and O–H groups in total. The molecule has 0 amide bonds. The van der Waals surface area contributed by atoms with Gasteiger partial charge in [-0.1, -0.05) is 12.1 Å². The SMILES string of the molecule is CN1CC2(C1)CN(CCC(N)Cc1ccc(C#N)cc1)C2. The number of hydrogen-bond acceptors (Lipinski definition) is 4. The molecule has 0 saturated carbocycles. The summed E-state index contributed by atoms with van der Waals surface area (Å²) in [7, 11) is 2.20. The molecule has 1 unspecified atom stereocenters. The normalized spacial score (nSPS) is 22.3. The second kappa shape index (κ2) is 5.76. The summed E-state index contributed by atoms with van der Waals surface area (Å²) < 4.78 is 0. The summed E-state index contributed by atoms with van der Waals surface area (Å²) in [5, 5.41) is 8.79. The molecule has 2 heterocycles. The molecule has 2 fully saturated rings. The number of nitrogens with two attached hydrogens (primary N) is 1. The van der Waals surface area contributed by atoms with Crippen molar-refractivity contribution in [2.45, 2.75) is 18.9 Å². The molecule has 112 valence electrons. The zero-order valence-corrected chi connectivity index (χ0v) is 12.8. The lowest BCUT2D eigenvalue weighted by Crippen LogP contribution is -2.71. The highest BCUT2D eigenvalue weighted by Crippen LogP contribution is 2.38. The number of hydrogen-bond donors (Lipinski definition) is 1. The molecular formula is C17H24N4. The van der Waals surface area contributed by atoms with Gasteiger partial charge in [0.15, 0.2) is 0 Å². The molecule has 2 aliphatic heterocycles. The first kappa shape index (κ1) is 14.5. The maximum absolute atomic E-state index is 8.79. The van der Waals surface area contributed by atoms with Gasteiger partial charge < -0.3 is 15.5 Å². The molecule has 2 aliphatic rings. The second-order valence-electron chi connectivity index (χ2n) is 6.94. The molecule has 0 bridgehead atoms. The Morgan fingerprint density at radius 1 is 1.24 bits per heavy atom. The Labute approximate surface area is 127 Å². The van der Waals surface area contributed by atoms with Gasteiger partial charge in [-0.25, -0.2) is 0 Å². The molecule has 0 radical (unpaired) electrons. The smallest absolute Gasteiger partial charge is 0.0991 e. The highest BCUT2D eigenvalue weighted by Gasteiger charge is 2.49. The minimum atomic E-state index is 0.207. The van der Waals surface area contributed by atoms with Crippen LogP contribution in [0.15, 0.2) is 24.3 Å². The van der Waals surface area contributed by atoms with Crippen molar-refractivity contribution in [3.05, 3.63) is 35.4 Å². The van der Waals surface area contributed by atoms with Gasteiger partial charge in [-0.05, 0) is 44.1 Å². The minimum absolute atomic E-state index is 0.207. The summed E-state index contributed by atoms with van der Waals surface area (Å²) in [6, 6.07) is 10.1. The molecule has 1 aromatic rings. The van der Waals surface area contributed by atoms with E-state index in [0.29, 0.717) is 11.0 Å². The Kier molecular flexibility index (Phi) is 3.99. The van der Waals surface area contributed by atoms with E-state index in [4.69, 9.17) is 11.0 Å². The molecule has 21 heavy (non-hydrogen) atoms. The first-order valence-electron chi connectivity index (χ1n) is 7.74. The molecule has 1 spiro atoms. The Bertz CT molecular complexity index is 517. The fourth-order valence-corrected chi connectivity index (χ4v) is 3.83. The Balaban J connectivity index is 1.37. The van der Waals surface area contributed by atoms with Crippen molar-refractivity contribution in [2.75, 3.05) is 39.8 Å². The summed E-state index contributed by atoms with van der Waals surface area (Å²) in [5.74, 6) is 0. The molecule has 4 heteroatoms. The van der Waals surface area contributed by atoms with E-state index in [1.807, 2.05) is 24.3 Å². The van der Waals surface area contributed by atoms with Crippen molar-refractivity contribution >= 4 is 0 Å². The van der Waals surface area contributed by atoms with Gasteiger partial charge in [-0.15, -0.1) is 0 Å². The monoisotopic (exact) mass is 284 g/mol. The topological polar surface area (TPSA) is 56.3 Å². The van der Waals surface area contributed by atoms with Crippen molar-refractivity contribution in [3.8, 4) is 6.07 Å². The van der Waals surface area contributed by atoms with Crippen LogP contribution >= 0.6 is 0 Å². The van der Waals surface area contributed by atoms with Crippen molar-refractivity contribution in [3.63, 3.8) is 0 Å². The van der Waals surface area contributed by atoms with E-state index in [0.717, 1.165) is 19.4 Å². The molecule has 3 rings (SSSR count). The van der Waals surface area contributed by atoms with Crippen LogP contribution in [-0.4, -0.2) is 55.6 Å². The van der Waals surface area contributed by atoms with Crippen LogP contribution in [0.3, 0.4) is 0 Å². The lowest BCUT2D eigenvalue weighted by molar-refractivity contribution is -0.104. The van der Waals surface area contributed by atoms with E-state index < -0.39 is 0 Å². The number of nitriles is 1. The summed E-state index contributed by atoms with van der Waals surface area (Å²) in [5.41, 5.74) is 8.79. The first-order chi connectivity index (χ1) is 10.1. The highest BCUT2D eigenvalue weighted by atomic mass is 15.3. The molecule has 0 aliphatic carbocycles. The summed E-state index contributed by atoms with van der Waals surface area (Å²) in [4.78, 5) is 4.93. The van der Waals surface area contributed by atoms with E-state index in [1.54, 1.807) is 0 Å². The van der Waals surface area contributed by atoms with Gasteiger partial charge in [0.1, 0.15) is 0 Å². The summed E-state index contributed by atoms with van der Waals surface area (Å²) >= 11 is 0. The van der Waals surface area contributed by atoms with Crippen LogP contribution in [0, 0.1) is 16.7 Å². The van der Waals surface area contributed by atoms with Gasteiger partial charge in [-0.2, -0.15) is 5.26 Å². The van der Waals surface area contributed by atoms with E-state index >= 15 is 0 Å². The maximum atomic E-state index is 8.79. The molecule has 0 aromatic heterocycles. The largest absolute Gasteiger partial charge is 0.327 e. The van der Waals surface area contributed by atoms with Crippen LogP contribution in [0.4, 0.5) is 0 Å². The Hall–Kier alpha value is -1.41. The van der Waals surface area contributed by atoms with E-state index in [9.17, 15) is 0 Å². The van der Waals surface area contributed by atoms with E-state index in [1.165, 1.54) is 31.7 Å². The van der Waals surface area contributed by atoms with Crippen molar-refractivity contribution < 1.29 is 0 Å². The van der Waals surface area contributed by atoms with E-state index in [2.05, 4.69) is 22.9 Å². The fourth-order valence-electron chi connectivity index (χ4n) is 3.83. The standard InChI is InChI=1S/C17H24N4/c1-20-10-17(11-20)12-21(13-17)7-6-16(19)8-14-2-4-15(9-18)5-3-14/h2-5,16H,6-8,10-13,19H2,1H3. The number of benzene rings is 1. The van der Waals surface area contributed by atoms with Crippen molar-refractivity contribution in [1.29, 1.82) is 5.26 Å². The molecule has 1 atom stereocenters. The molecular weight excluding hydrogens is 260 g/mol. The van der Waals surface area contributed by atoms with Gasteiger partial charge in [0, 0.05) is 37.6 Å². The average Bonchev–Trinajstić information content (AvgIpc) is 2.40. The first-order valence-corrected chi connectivity index (χ1v) is 7.74. The van der Waals surface area contributed by atoms with Gasteiger partial charge in [0.2, 0.25) is 0 Å². The number of likely N-dealkylation sites (tertiary alicyclic amines) is 2. The summed E-state index contributed by atoms with van der Waals surface area (Å²) in [6.07, 6.45) is 1.94. The maximum Gasteiger partial charge on any atom is 0.0991 e. The lowest BCUT2D eigenvalue weighted by atomic mass is 9.73. The third-order valence-corrected chi connectivity index (χ3v) is 4.73. The van der Waals surface area contributed by atoms with E-state index in [-0.39, 0.29) is 6.04 Å². The summed E-state index contributed by atoms with van der Waals surface area (Å²) in [6.45, 7) is 6.15. The van der Waals surface area contributed by atoms with Crippen LogP contribution in [0.2, 0.25) is 0 Å². The van der Waals surface area contributed by atoms with Crippen LogP contribution in [0.1, 0.15) is 17.5 Å². The van der Waals surface area contributed by atoms with Gasteiger partial charge in [-0.3, -0.25) is 0 Å². The molecule has 1 aromatic carbocycles. The average molecular weight is 284 g/mol. The van der Waals surface area contributed by atoms with Gasteiger partial charge >= 0.3 is 0 Å². The van der Waals surface area contributed by atoms with Crippen molar-refractivity contribution in [2.24, 2.45) is 11.1 Å². The number of rotatable bonds is 5. The molecule has 2 saturated heterocycles. The second-order valence-corrected chi connectivity index (χ2v) is 6.94. The predicted octanol–water partition coefficient (Wildman–Crippen LogP) is 1.07. The lowest BCUT2D eigenvalue weighted by Gasteiger charge is -2.60. The molecule has 4 nitrogen and oxygen atoms in total. The highest BCUT2D eigenvalue weighted by molar-refractivity contribution is 5.31.